The predicted molar refractivity (Wildman–Crippen MR) is 164 cm³/mol. The Balaban J connectivity index is 1.50. The monoisotopic (exact) mass is 613 g/mol. The highest BCUT2D eigenvalue weighted by Gasteiger charge is 2.28. The van der Waals surface area contributed by atoms with Crippen LogP contribution in [0.5, 0.6) is 0 Å². The van der Waals surface area contributed by atoms with E-state index in [2.05, 4.69) is 15.5 Å². The Hall–Kier alpha value is -5.10. The Bertz CT molecular complexity index is 2260. The lowest BCUT2D eigenvalue weighted by molar-refractivity contribution is 0.0964. The van der Waals surface area contributed by atoms with E-state index < -0.39 is 21.7 Å². The number of benzene rings is 3. The van der Waals surface area contributed by atoms with Gasteiger partial charge in [0, 0.05) is 60.6 Å². The van der Waals surface area contributed by atoms with Crippen molar-refractivity contribution in [3.8, 4) is 33.8 Å². The number of carbonyl (C=O) groups excluding carboxylic acids is 1. The molecule has 1 aliphatic rings. The maximum Gasteiger partial charge on any atom is 0.255 e. The van der Waals surface area contributed by atoms with E-state index >= 15 is 0 Å². The van der Waals surface area contributed by atoms with Crippen LogP contribution in [0.4, 0.5) is 14.5 Å². The number of hydrogen-bond acceptors (Lipinski definition) is 6. The lowest BCUT2D eigenvalue weighted by Gasteiger charge is -2.22. The topological polar surface area (TPSA) is 110 Å². The smallest absolute Gasteiger partial charge is 0.255 e. The molecular weight excluding hydrogens is 588 g/mol. The molecule has 0 saturated heterocycles. The van der Waals surface area contributed by atoms with E-state index in [4.69, 9.17) is 4.42 Å². The normalized spacial score (nSPS) is 12.8. The molecule has 0 spiro atoms. The largest absolute Gasteiger partial charge is 0.455 e. The number of sulfonamides is 1. The quantitative estimate of drug-likeness (QED) is 0.265. The third-order valence-corrected chi connectivity index (χ3v) is 9.28. The van der Waals surface area contributed by atoms with Crippen LogP contribution in [0.1, 0.15) is 16.1 Å². The number of carbonyl (C=O) groups is 1. The van der Waals surface area contributed by atoms with Crippen LogP contribution >= 0.6 is 0 Å². The Morgan fingerprint density at radius 2 is 1.77 bits per heavy atom. The SMILES string of the molecule is CNC(=O)c1c(-c2ccc(F)cc2)oc2cc(N(C)S(C)(=O)=O)c(-c3cc4c(nn3)CCn3c-4cc4c(F)cccc43)cc12. The van der Waals surface area contributed by atoms with Crippen molar-refractivity contribution in [2.45, 2.75) is 13.0 Å². The fourth-order valence-corrected chi connectivity index (χ4v) is 6.32. The number of halogens is 2. The second-order valence-electron chi connectivity index (χ2n) is 10.7. The molecule has 1 amide bonds. The van der Waals surface area contributed by atoms with Crippen molar-refractivity contribution in [1.29, 1.82) is 0 Å². The number of amides is 1. The van der Waals surface area contributed by atoms with Gasteiger partial charge in [0.05, 0.1) is 40.1 Å². The number of rotatable bonds is 5. The first-order valence-corrected chi connectivity index (χ1v) is 15.6. The van der Waals surface area contributed by atoms with Gasteiger partial charge in [0.25, 0.3) is 5.91 Å². The van der Waals surface area contributed by atoms with E-state index in [1.54, 1.807) is 24.3 Å². The van der Waals surface area contributed by atoms with Gasteiger partial charge in [0.1, 0.15) is 23.0 Å². The first-order chi connectivity index (χ1) is 21.0. The van der Waals surface area contributed by atoms with Gasteiger partial charge < -0.3 is 14.3 Å². The molecule has 0 bridgehead atoms. The molecule has 1 N–H and O–H groups in total. The van der Waals surface area contributed by atoms with Crippen LogP contribution in [0.15, 0.2) is 71.1 Å². The summed E-state index contributed by atoms with van der Waals surface area (Å²) in [6.07, 6.45) is 1.66. The molecule has 6 aromatic rings. The van der Waals surface area contributed by atoms with E-state index in [0.29, 0.717) is 40.6 Å². The number of aryl methyl sites for hydroxylation is 2. The molecule has 1 aliphatic heterocycles. The van der Waals surface area contributed by atoms with Crippen molar-refractivity contribution in [3.05, 3.63) is 89.6 Å². The standard InChI is InChI=1S/C32H25F2N5O4S/c1-35-32(40)30-22-13-20(27(38(2)44(3,41)42)16-29(22)43-31(30)17-7-9-18(33)10-8-17)25-14-21-24(36-37-25)11-12-39-26-6-4-5-23(34)19(26)15-28(21)39/h4-10,13-16H,11-12H2,1-3H3,(H,35,40). The Morgan fingerprint density at radius 3 is 2.50 bits per heavy atom. The summed E-state index contributed by atoms with van der Waals surface area (Å²) in [7, 11) is -0.850. The average molecular weight is 614 g/mol. The van der Waals surface area contributed by atoms with Gasteiger partial charge >= 0.3 is 0 Å². The highest BCUT2D eigenvalue weighted by atomic mass is 32.2. The van der Waals surface area contributed by atoms with Crippen molar-refractivity contribution in [2.24, 2.45) is 0 Å². The number of fused-ring (bicyclic) bond motifs is 6. The highest BCUT2D eigenvalue weighted by molar-refractivity contribution is 7.92. The van der Waals surface area contributed by atoms with Crippen LogP contribution in [0.25, 0.3) is 55.7 Å². The molecular formula is C32H25F2N5O4S. The van der Waals surface area contributed by atoms with E-state index in [1.807, 2.05) is 16.7 Å². The third-order valence-electron chi connectivity index (χ3n) is 8.09. The van der Waals surface area contributed by atoms with E-state index in [0.717, 1.165) is 33.0 Å². The Labute approximate surface area is 250 Å². The van der Waals surface area contributed by atoms with Crippen molar-refractivity contribution in [2.75, 3.05) is 24.7 Å². The maximum absolute atomic E-state index is 14.7. The fraction of sp³-hybridized carbons (Fsp3) is 0.156. The number of furan rings is 1. The van der Waals surface area contributed by atoms with Crippen LogP contribution in [0, 0.1) is 11.6 Å². The molecule has 4 heterocycles. The van der Waals surface area contributed by atoms with Crippen LogP contribution < -0.4 is 9.62 Å². The molecule has 222 valence electrons. The lowest BCUT2D eigenvalue weighted by Crippen LogP contribution is -2.25. The zero-order valence-electron chi connectivity index (χ0n) is 23.9. The van der Waals surface area contributed by atoms with Crippen LogP contribution in [0.3, 0.4) is 0 Å². The fourth-order valence-electron chi connectivity index (χ4n) is 5.82. The minimum absolute atomic E-state index is 0.199. The molecule has 9 nitrogen and oxygen atoms in total. The van der Waals surface area contributed by atoms with Gasteiger partial charge in [-0.15, -0.1) is 0 Å². The number of nitrogens with one attached hydrogen (secondary N) is 1. The van der Waals surface area contributed by atoms with Crippen molar-refractivity contribution < 1.29 is 26.4 Å². The van der Waals surface area contributed by atoms with Crippen molar-refractivity contribution >= 4 is 43.5 Å². The summed E-state index contributed by atoms with van der Waals surface area (Å²) in [6.45, 7) is 0.605. The maximum atomic E-state index is 14.7. The van der Waals surface area contributed by atoms with Gasteiger partial charge in [-0.05, 0) is 54.6 Å². The van der Waals surface area contributed by atoms with Crippen LogP contribution in [0.2, 0.25) is 0 Å². The summed E-state index contributed by atoms with van der Waals surface area (Å²) in [6, 6.07) is 17.3. The van der Waals surface area contributed by atoms with Crippen LogP contribution in [-0.2, 0) is 23.0 Å². The summed E-state index contributed by atoms with van der Waals surface area (Å²) in [5, 5.41) is 12.5. The van der Waals surface area contributed by atoms with E-state index in [-0.39, 0.29) is 28.4 Å². The molecule has 3 aromatic carbocycles. The molecule has 0 fully saturated rings. The second kappa shape index (κ2) is 9.98. The first kappa shape index (κ1) is 27.7. The minimum Gasteiger partial charge on any atom is -0.455 e. The molecule has 7 rings (SSSR count). The average Bonchev–Trinajstić information content (AvgIpc) is 3.59. The molecule has 44 heavy (non-hydrogen) atoms. The van der Waals surface area contributed by atoms with E-state index in [9.17, 15) is 22.0 Å². The first-order valence-electron chi connectivity index (χ1n) is 13.7. The van der Waals surface area contributed by atoms with Crippen LogP contribution in [-0.4, -0.2) is 49.4 Å². The molecule has 0 aliphatic carbocycles. The third kappa shape index (κ3) is 4.32. The van der Waals surface area contributed by atoms with Gasteiger partial charge in [0.2, 0.25) is 10.0 Å². The van der Waals surface area contributed by atoms with Gasteiger partial charge in [-0.1, -0.05) is 6.07 Å². The molecule has 0 saturated carbocycles. The molecule has 12 heteroatoms. The minimum atomic E-state index is -3.75. The van der Waals surface area contributed by atoms with Gasteiger partial charge in [-0.2, -0.15) is 10.2 Å². The summed E-state index contributed by atoms with van der Waals surface area (Å²) in [4.78, 5) is 13.2. The Kier molecular flexibility index (Phi) is 6.29. The highest BCUT2D eigenvalue weighted by Crippen LogP contribution is 2.42. The Morgan fingerprint density at radius 1 is 1.00 bits per heavy atom. The molecule has 0 unspecified atom stereocenters. The lowest BCUT2D eigenvalue weighted by atomic mass is 9.98. The summed E-state index contributed by atoms with van der Waals surface area (Å²) in [5.74, 6) is -1.01. The number of anilines is 1. The number of aromatic nitrogens is 3. The second-order valence-corrected chi connectivity index (χ2v) is 12.7. The zero-order valence-corrected chi connectivity index (χ0v) is 24.7. The summed E-state index contributed by atoms with van der Waals surface area (Å²) < 4.78 is 63.3. The number of nitrogens with zero attached hydrogens (tertiary/aromatic N) is 4. The predicted octanol–water partition coefficient (Wildman–Crippen LogP) is 5.77. The molecule has 3 aromatic heterocycles. The van der Waals surface area contributed by atoms with Crippen molar-refractivity contribution in [3.63, 3.8) is 0 Å². The van der Waals surface area contributed by atoms with Crippen molar-refractivity contribution in [1.82, 2.24) is 20.1 Å². The summed E-state index contributed by atoms with van der Waals surface area (Å²) >= 11 is 0. The number of hydrogen-bond donors (Lipinski definition) is 1. The summed E-state index contributed by atoms with van der Waals surface area (Å²) in [5.41, 5.74) is 4.92. The van der Waals surface area contributed by atoms with E-state index in [1.165, 1.54) is 44.4 Å². The zero-order chi connectivity index (χ0) is 30.9. The molecule has 0 atom stereocenters. The van der Waals surface area contributed by atoms with Gasteiger partial charge in [-0.25, -0.2) is 17.2 Å². The molecule has 0 radical (unpaired) electrons. The van der Waals surface area contributed by atoms with Gasteiger partial charge in [0.15, 0.2) is 0 Å². The van der Waals surface area contributed by atoms with Gasteiger partial charge in [-0.3, -0.25) is 9.10 Å².